The summed E-state index contributed by atoms with van der Waals surface area (Å²) >= 11 is 9.12. The number of hydrazine groups is 1. The monoisotopic (exact) mass is 396 g/mol. The van der Waals surface area contributed by atoms with Crippen molar-refractivity contribution in [1.82, 2.24) is 10.9 Å². The number of carbonyl (C=O) groups excluding carboxylic acids is 2. The molecule has 0 aliphatic rings. The third kappa shape index (κ3) is 4.97. The van der Waals surface area contributed by atoms with Crippen molar-refractivity contribution in [3.63, 3.8) is 0 Å². The third-order valence-electron chi connectivity index (χ3n) is 2.93. The predicted octanol–water partition coefficient (Wildman–Crippen LogP) is 3.25. The lowest BCUT2D eigenvalue weighted by Crippen LogP contribution is -2.43. The Morgan fingerprint density at radius 3 is 2.61 bits per heavy atom. The maximum atomic E-state index is 11.9. The van der Waals surface area contributed by atoms with Crippen LogP contribution >= 0.6 is 27.5 Å². The first-order chi connectivity index (χ1) is 11.0. The number of nitrogens with one attached hydrogen (secondary N) is 2. The SMILES string of the molecule is Cc1cc(Cl)ccc1OCC(=O)NNC(=O)c1ccccc1Br. The molecule has 2 N–H and O–H groups in total. The average molecular weight is 398 g/mol. The van der Waals surface area contributed by atoms with Gasteiger partial charge in [0, 0.05) is 9.50 Å². The topological polar surface area (TPSA) is 67.4 Å². The molecule has 0 spiro atoms. The minimum Gasteiger partial charge on any atom is -0.483 e. The Bertz CT molecular complexity index is 737. The summed E-state index contributed by atoms with van der Waals surface area (Å²) in [5.74, 6) is -0.338. The van der Waals surface area contributed by atoms with Gasteiger partial charge in [0.15, 0.2) is 6.61 Å². The molecule has 0 aliphatic carbocycles. The molecule has 2 aromatic carbocycles. The normalized spacial score (nSPS) is 10.0. The van der Waals surface area contributed by atoms with E-state index in [1.807, 2.05) is 6.92 Å². The second-order valence-electron chi connectivity index (χ2n) is 4.68. The molecule has 0 saturated heterocycles. The zero-order valence-electron chi connectivity index (χ0n) is 12.2. The van der Waals surface area contributed by atoms with Gasteiger partial charge in [0.25, 0.3) is 11.8 Å². The summed E-state index contributed by atoms with van der Waals surface area (Å²) in [6.07, 6.45) is 0. The number of carbonyl (C=O) groups is 2. The first-order valence-corrected chi connectivity index (χ1v) is 7.87. The molecule has 0 bridgehead atoms. The fourth-order valence-electron chi connectivity index (χ4n) is 1.79. The number of hydrogen-bond acceptors (Lipinski definition) is 3. The number of benzene rings is 2. The lowest BCUT2D eigenvalue weighted by atomic mass is 10.2. The van der Waals surface area contributed by atoms with Gasteiger partial charge in [-0.2, -0.15) is 0 Å². The van der Waals surface area contributed by atoms with Crippen molar-refractivity contribution in [1.29, 1.82) is 0 Å². The fourth-order valence-corrected chi connectivity index (χ4v) is 2.48. The van der Waals surface area contributed by atoms with Crippen molar-refractivity contribution in [2.75, 3.05) is 6.61 Å². The molecule has 120 valence electrons. The van der Waals surface area contributed by atoms with Gasteiger partial charge in [-0.15, -0.1) is 0 Å². The van der Waals surface area contributed by atoms with Gasteiger partial charge in [0.05, 0.1) is 5.56 Å². The van der Waals surface area contributed by atoms with Gasteiger partial charge in [0.2, 0.25) is 0 Å². The minimum absolute atomic E-state index is 0.224. The second-order valence-corrected chi connectivity index (χ2v) is 5.97. The average Bonchev–Trinajstić information content (AvgIpc) is 2.52. The van der Waals surface area contributed by atoms with Crippen LogP contribution in [0, 0.1) is 6.92 Å². The van der Waals surface area contributed by atoms with E-state index in [9.17, 15) is 9.59 Å². The highest BCUT2D eigenvalue weighted by Gasteiger charge is 2.11. The second kappa shape index (κ2) is 7.99. The lowest BCUT2D eigenvalue weighted by Gasteiger charge is -2.11. The molecule has 0 fully saturated rings. The van der Waals surface area contributed by atoms with Crippen LogP contribution in [-0.4, -0.2) is 18.4 Å². The summed E-state index contributed by atoms with van der Waals surface area (Å²) in [6, 6.07) is 12.0. The molecule has 2 aromatic rings. The van der Waals surface area contributed by atoms with E-state index in [0.29, 0.717) is 20.8 Å². The van der Waals surface area contributed by atoms with Gasteiger partial charge >= 0.3 is 0 Å². The quantitative estimate of drug-likeness (QED) is 0.778. The number of halogens is 2. The van der Waals surface area contributed by atoms with E-state index in [1.165, 1.54) is 0 Å². The van der Waals surface area contributed by atoms with Gasteiger partial charge in [-0.3, -0.25) is 20.4 Å². The number of aryl methyl sites for hydroxylation is 1. The molecule has 0 saturated carbocycles. The van der Waals surface area contributed by atoms with Gasteiger partial charge in [-0.25, -0.2) is 0 Å². The summed E-state index contributed by atoms with van der Waals surface area (Å²) in [5, 5.41) is 0.597. The summed E-state index contributed by atoms with van der Waals surface area (Å²) in [6.45, 7) is 1.60. The van der Waals surface area contributed by atoms with Crippen molar-refractivity contribution in [3.8, 4) is 5.75 Å². The van der Waals surface area contributed by atoms with E-state index in [1.54, 1.807) is 42.5 Å². The van der Waals surface area contributed by atoms with Crippen LogP contribution in [0.2, 0.25) is 5.02 Å². The standard InChI is InChI=1S/C16H14BrClN2O3/c1-10-8-11(18)6-7-14(10)23-9-15(21)19-20-16(22)12-4-2-3-5-13(12)17/h2-8H,9H2,1H3,(H,19,21)(H,20,22). The van der Waals surface area contributed by atoms with Crippen LogP contribution in [0.25, 0.3) is 0 Å². The molecule has 0 unspecified atom stereocenters. The summed E-state index contributed by atoms with van der Waals surface area (Å²) in [5.41, 5.74) is 5.87. The number of hydrogen-bond donors (Lipinski definition) is 2. The summed E-state index contributed by atoms with van der Waals surface area (Å²) in [4.78, 5) is 23.7. The van der Waals surface area contributed by atoms with Gasteiger partial charge in [0.1, 0.15) is 5.75 Å². The molecule has 2 amide bonds. The van der Waals surface area contributed by atoms with E-state index in [0.717, 1.165) is 5.56 Å². The molecule has 5 nitrogen and oxygen atoms in total. The fraction of sp³-hybridized carbons (Fsp3) is 0.125. The van der Waals surface area contributed by atoms with Gasteiger partial charge in [-0.1, -0.05) is 23.7 Å². The van der Waals surface area contributed by atoms with Crippen molar-refractivity contribution in [2.24, 2.45) is 0 Å². The molecular weight excluding hydrogens is 384 g/mol. The molecule has 0 heterocycles. The molecule has 0 aliphatic heterocycles. The molecule has 0 aromatic heterocycles. The zero-order chi connectivity index (χ0) is 16.8. The molecule has 0 atom stereocenters. The zero-order valence-corrected chi connectivity index (χ0v) is 14.6. The third-order valence-corrected chi connectivity index (χ3v) is 3.86. The van der Waals surface area contributed by atoms with Crippen molar-refractivity contribution < 1.29 is 14.3 Å². The van der Waals surface area contributed by atoms with Crippen LogP contribution in [-0.2, 0) is 4.79 Å². The van der Waals surface area contributed by atoms with E-state index < -0.39 is 11.8 Å². The van der Waals surface area contributed by atoms with E-state index in [4.69, 9.17) is 16.3 Å². The highest BCUT2D eigenvalue weighted by Crippen LogP contribution is 2.21. The van der Waals surface area contributed by atoms with E-state index in [2.05, 4.69) is 26.8 Å². The van der Waals surface area contributed by atoms with Crippen LogP contribution in [0.5, 0.6) is 5.75 Å². The molecule has 23 heavy (non-hydrogen) atoms. The van der Waals surface area contributed by atoms with Crippen LogP contribution in [0.1, 0.15) is 15.9 Å². The van der Waals surface area contributed by atoms with Gasteiger partial charge < -0.3 is 4.74 Å². The smallest absolute Gasteiger partial charge is 0.276 e. The Morgan fingerprint density at radius 1 is 1.17 bits per heavy atom. The maximum Gasteiger partial charge on any atom is 0.276 e. The molecule has 0 radical (unpaired) electrons. The Morgan fingerprint density at radius 2 is 1.91 bits per heavy atom. The van der Waals surface area contributed by atoms with Crippen LogP contribution in [0.4, 0.5) is 0 Å². The Kier molecular flexibility index (Phi) is 6.01. The Balaban J connectivity index is 1.83. The number of amides is 2. The van der Waals surface area contributed by atoms with Crippen molar-refractivity contribution >= 4 is 39.3 Å². The molecular formula is C16H14BrClN2O3. The largest absolute Gasteiger partial charge is 0.483 e. The van der Waals surface area contributed by atoms with Crippen LogP contribution < -0.4 is 15.6 Å². The summed E-state index contributed by atoms with van der Waals surface area (Å²) < 4.78 is 6.02. The Labute approximate surface area is 147 Å². The van der Waals surface area contributed by atoms with E-state index >= 15 is 0 Å². The highest BCUT2D eigenvalue weighted by atomic mass is 79.9. The van der Waals surface area contributed by atoms with Gasteiger partial charge in [-0.05, 0) is 58.7 Å². The molecule has 2 rings (SSSR count). The Hall–Kier alpha value is -2.05. The van der Waals surface area contributed by atoms with Crippen molar-refractivity contribution in [3.05, 3.63) is 63.1 Å². The van der Waals surface area contributed by atoms with Crippen LogP contribution in [0.3, 0.4) is 0 Å². The number of ether oxygens (including phenoxy) is 1. The lowest BCUT2D eigenvalue weighted by molar-refractivity contribution is -0.123. The first kappa shape index (κ1) is 17.3. The summed E-state index contributed by atoms with van der Waals surface area (Å²) in [7, 11) is 0. The maximum absolute atomic E-state index is 11.9. The van der Waals surface area contributed by atoms with E-state index in [-0.39, 0.29) is 6.61 Å². The highest BCUT2D eigenvalue weighted by molar-refractivity contribution is 9.10. The molecule has 7 heteroatoms. The van der Waals surface area contributed by atoms with Crippen molar-refractivity contribution in [2.45, 2.75) is 6.92 Å². The number of rotatable bonds is 4. The minimum atomic E-state index is -0.472. The van der Waals surface area contributed by atoms with Crippen LogP contribution in [0.15, 0.2) is 46.9 Å². The predicted molar refractivity (Wildman–Crippen MR) is 91.4 cm³/mol. The first-order valence-electron chi connectivity index (χ1n) is 6.70.